The largest absolute Gasteiger partial charge is 0.496 e. The second-order valence-electron chi connectivity index (χ2n) is 13.5. The van der Waals surface area contributed by atoms with Gasteiger partial charge in [-0.1, -0.05) is 48.0 Å². The summed E-state index contributed by atoms with van der Waals surface area (Å²) in [5.74, 6) is 1.06. The number of aromatic nitrogens is 2. The average Bonchev–Trinajstić information content (AvgIpc) is 3.77. The summed E-state index contributed by atoms with van der Waals surface area (Å²) in [6, 6.07) is 22.1. The molecule has 4 N–H and O–H groups in total. The van der Waals surface area contributed by atoms with Crippen LogP contribution in [0, 0.1) is 5.41 Å². The van der Waals surface area contributed by atoms with Gasteiger partial charge in [-0.05, 0) is 44.0 Å². The van der Waals surface area contributed by atoms with Crippen LogP contribution in [0.2, 0.25) is 5.02 Å². The Morgan fingerprint density at radius 1 is 0.962 bits per heavy atom. The van der Waals surface area contributed by atoms with Crippen LogP contribution in [0.1, 0.15) is 37.8 Å². The molecule has 1 aliphatic heterocycles. The Labute approximate surface area is 308 Å². The van der Waals surface area contributed by atoms with E-state index in [1.165, 1.54) is 0 Å². The SMILES string of the molecule is COc1cc(-n2ccc3c(-c4cccc(-c5ccc(CNCC(C)(C)C(=O)O)c(OC)n5)c4Cl)cccc32)cc(OC)c1CNC[C@@H]1CCC(=O)N1. The van der Waals surface area contributed by atoms with E-state index in [0.29, 0.717) is 60.7 Å². The number of pyridine rings is 1. The van der Waals surface area contributed by atoms with E-state index in [9.17, 15) is 14.7 Å². The molecule has 3 aromatic carbocycles. The maximum atomic E-state index is 11.6. The van der Waals surface area contributed by atoms with Gasteiger partial charge < -0.3 is 39.8 Å². The fourth-order valence-electron chi connectivity index (χ4n) is 6.57. The van der Waals surface area contributed by atoms with Crippen molar-refractivity contribution >= 4 is 34.4 Å². The average molecular weight is 726 g/mol. The molecule has 2 aromatic heterocycles. The van der Waals surface area contributed by atoms with Crippen LogP contribution >= 0.6 is 11.6 Å². The Hall–Kier alpha value is -5.10. The summed E-state index contributed by atoms with van der Waals surface area (Å²) in [6.45, 7) is 5.24. The molecule has 0 saturated carbocycles. The molecule has 1 aliphatic rings. The third-order valence-corrected chi connectivity index (χ3v) is 9.95. The lowest BCUT2D eigenvalue weighted by atomic mass is 9.94. The topological polar surface area (TPSA) is 136 Å². The number of carboxylic acids is 1. The number of benzene rings is 3. The monoisotopic (exact) mass is 725 g/mol. The number of hydrogen-bond donors (Lipinski definition) is 4. The summed E-state index contributed by atoms with van der Waals surface area (Å²) in [5, 5.41) is 20.7. The molecule has 0 aliphatic carbocycles. The van der Waals surface area contributed by atoms with Crippen molar-refractivity contribution in [2.45, 2.75) is 45.8 Å². The molecular formula is C40H44ClN5O6. The zero-order valence-electron chi connectivity index (χ0n) is 30.0. The number of fused-ring (bicyclic) bond motifs is 1. The minimum absolute atomic E-state index is 0.0948. The number of nitrogens with one attached hydrogen (secondary N) is 3. The number of aliphatic carboxylic acids is 1. The molecule has 11 nitrogen and oxygen atoms in total. The number of halogens is 1. The predicted molar refractivity (Wildman–Crippen MR) is 203 cm³/mol. The molecule has 0 radical (unpaired) electrons. The first-order valence-electron chi connectivity index (χ1n) is 17.2. The van der Waals surface area contributed by atoms with Gasteiger partial charge in [-0.3, -0.25) is 9.59 Å². The van der Waals surface area contributed by atoms with Crippen molar-refractivity contribution in [3.63, 3.8) is 0 Å². The van der Waals surface area contributed by atoms with Crippen molar-refractivity contribution in [1.82, 2.24) is 25.5 Å². The minimum Gasteiger partial charge on any atom is -0.496 e. The van der Waals surface area contributed by atoms with Gasteiger partial charge in [0.25, 0.3) is 0 Å². The van der Waals surface area contributed by atoms with E-state index in [4.69, 9.17) is 30.8 Å². The van der Waals surface area contributed by atoms with E-state index in [-0.39, 0.29) is 11.9 Å². The van der Waals surface area contributed by atoms with Gasteiger partial charge in [-0.25, -0.2) is 4.98 Å². The lowest BCUT2D eigenvalue weighted by Gasteiger charge is -2.20. The van der Waals surface area contributed by atoms with Crippen LogP contribution in [0.15, 0.2) is 72.9 Å². The van der Waals surface area contributed by atoms with Gasteiger partial charge in [0.05, 0.1) is 54.2 Å². The first kappa shape index (κ1) is 36.7. The predicted octanol–water partition coefficient (Wildman–Crippen LogP) is 6.61. The van der Waals surface area contributed by atoms with Crippen molar-refractivity contribution in [3.8, 4) is 45.5 Å². The van der Waals surface area contributed by atoms with E-state index in [2.05, 4.69) is 38.7 Å². The quantitative estimate of drug-likeness (QED) is 0.0941. The van der Waals surface area contributed by atoms with E-state index >= 15 is 0 Å². The van der Waals surface area contributed by atoms with Crippen LogP contribution < -0.4 is 30.2 Å². The Morgan fingerprint density at radius 2 is 1.67 bits per heavy atom. The highest BCUT2D eigenvalue weighted by atomic mass is 35.5. The number of carbonyl (C=O) groups is 2. The molecule has 1 fully saturated rings. The van der Waals surface area contributed by atoms with Crippen molar-refractivity contribution < 1.29 is 28.9 Å². The molecule has 3 heterocycles. The second-order valence-corrected chi connectivity index (χ2v) is 13.9. The zero-order chi connectivity index (χ0) is 37.0. The smallest absolute Gasteiger partial charge is 0.310 e. The molecule has 0 spiro atoms. The molecule has 6 rings (SSSR count). The number of carbonyl (C=O) groups excluding carboxylic acids is 1. The highest BCUT2D eigenvalue weighted by molar-refractivity contribution is 6.36. The normalized spacial score (nSPS) is 14.4. The first-order valence-corrected chi connectivity index (χ1v) is 17.5. The van der Waals surface area contributed by atoms with Gasteiger partial charge in [0.2, 0.25) is 11.8 Å². The molecular weight excluding hydrogens is 682 g/mol. The van der Waals surface area contributed by atoms with E-state index in [1.54, 1.807) is 35.2 Å². The lowest BCUT2D eigenvalue weighted by molar-refractivity contribution is -0.146. The van der Waals surface area contributed by atoms with Gasteiger partial charge in [0.1, 0.15) is 11.5 Å². The molecule has 0 unspecified atom stereocenters. The number of hydrogen-bond acceptors (Lipinski definition) is 8. The Balaban J connectivity index is 1.28. The van der Waals surface area contributed by atoms with E-state index in [0.717, 1.165) is 50.8 Å². The standard InChI is InChI=1S/C40H44ClN5O6/c1-40(2,39(48)49)23-43-20-24-12-14-32(45-38(24)52-5)30-10-6-9-29(37(30)41)27-8-7-11-33-28(27)16-17-46(33)26-18-34(50-3)31(35(19-26)51-4)22-42-21-25-13-15-36(47)44-25/h6-12,14,16-19,25,42-43H,13,15,20-23H2,1-5H3,(H,44,47)(H,48,49)/t25-/m0/s1. The summed E-state index contributed by atoms with van der Waals surface area (Å²) in [6.07, 6.45) is 3.41. The Bertz CT molecular complexity index is 2090. The second kappa shape index (κ2) is 15.6. The van der Waals surface area contributed by atoms with Crippen molar-refractivity contribution in [2.24, 2.45) is 5.41 Å². The summed E-state index contributed by atoms with van der Waals surface area (Å²) in [4.78, 5) is 27.9. The summed E-state index contributed by atoms with van der Waals surface area (Å²) < 4.78 is 19.4. The fourth-order valence-corrected chi connectivity index (χ4v) is 6.89. The van der Waals surface area contributed by atoms with Gasteiger partial charge in [-0.2, -0.15) is 0 Å². The van der Waals surface area contributed by atoms with Crippen LogP contribution in [0.5, 0.6) is 17.4 Å². The van der Waals surface area contributed by atoms with Crippen LogP contribution in [-0.2, 0) is 22.7 Å². The number of ether oxygens (including phenoxy) is 3. The van der Waals surface area contributed by atoms with Crippen LogP contribution in [0.4, 0.5) is 0 Å². The highest BCUT2D eigenvalue weighted by Crippen LogP contribution is 2.41. The maximum Gasteiger partial charge on any atom is 0.310 e. The van der Waals surface area contributed by atoms with Gasteiger partial charge in [-0.15, -0.1) is 0 Å². The molecule has 1 saturated heterocycles. The molecule has 1 amide bonds. The summed E-state index contributed by atoms with van der Waals surface area (Å²) in [7, 11) is 4.87. The minimum atomic E-state index is -0.905. The van der Waals surface area contributed by atoms with Crippen LogP contribution in [0.25, 0.3) is 39.0 Å². The Kier molecular flexibility index (Phi) is 11.0. The zero-order valence-corrected chi connectivity index (χ0v) is 30.8. The number of rotatable bonds is 15. The number of methoxy groups -OCH3 is 3. The van der Waals surface area contributed by atoms with E-state index in [1.807, 2.05) is 54.7 Å². The Morgan fingerprint density at radius 3 is 2.35 bits per heavy atom. The summed E-state index contributed by atoms with van der Waals surface area (Å²) in [5.41, 5.74) is 5.91. The fraction of sp³-hybridized carbons (Fsp3) is 0.325. The molecule has 0 bridgehead atoms. The highest BCUT2D eigenvalue weighted by Gasteiger charge is 2.27. The third kappa shape index (κ3) is 7.57. The number of amides is 1. The van der Waals surface area contributed by atoms with Crippen LogP contribution in [-0.4, -0.2) is 67.0 Å². The van der Waals surface area contributed by atoms with Crippen molar-refractivity contribution in [2.75, 3.05) is 34.4 Å². The molecule has 12 heteroatoms. The lowest BCUT2D eigenvalue weighted by Crippen LogP contribution is -2.35. The van der Waals surface area contributed by atoms with Crippen LogP contribution in [0.3, 0.4) is 0 Å². The molecule has 1 atom stereocenters. The number of carboxylic acid groups (broad SMARTS) is 1. The maximum absolute atomic E-state index is 11.6. The van der Waals surface area contributed by atoms with Gasteiger partial charge in [0, 0.05) is 79.0 Å². The molecule has 272 valence electrons. The van der Waals surface area contributed by atoms with Gasteiger partial charge >= 0.3 is 5.97 Å². The van der Waals surface area contributed by atoms with E-state index < -0.39 is 11.4 Å². The van der Waals surface area contributed by atoms with Gasteiger partial charge in [0.15, 0.2) is 0 Å². The van der Waals surface area contributed by atoms with Crippen molar-refractivity contribution in [1.29, 1.82) is 0 Å². The van der Waals surface area contributed by atoms with Crippen molar-refractivity contribution in [3.05, 3.63) is 89.1 Å². The molecule has 5 aromatic rings. The molecule has 52 heavy (non-hydrogen) atoms. The summed E-state index contributed by atoms with van der Waals surface area (Å²) >= 11 is 7.17. The number of nitrogens with zero attached hydrogens (tertiary/aromatic N) is 2. The first-order chi connectivity index (χ1) is 25.0. The third-order valence-electron chi connectivity index (χ3n) is 9.54.